The van der Waals surface area contributed by atoms with Crippen LogP contribution in [0.1, 0.15) is 57.2 Å². The smallest absolute Gasteiger partial charge is 0.408 e. The standard InChI is InChI=1S/C19H27N3O3/c1-19(2,3)25-18(24)22-16(11-4-5-11)17(23)21-15-9-6-12-10-13(20)7-8-14(12)15/h7-8,10-11,15-16H,4-6,9,20H2,1-3H3,(H,21,23)(H,22,24)/t15-,16-/m1/s1. The lowest BCUT2D eigenvalue weighted by Crippen LogP contribution is -2.50. The Labute approximate surface area is 148 Å². The first-order chi connectivity index (χ1) is 11.7. The molecule has 0 bridgehead atoms. The number of carbonyl (C=O) groups is 2. The predicted molar refractivity (Wildman–Crippen MR) is 95.9 cm³/mol. The van der Waals surface area contributed by atoms with Gasteiger partial charge in [0.15, 0.2) is 0 Å². The summed E-state index contributed by atoms with van der Waals surface area (Å²) in [4.78, 5) is 24.8. The predicted octanol–water partition coefficient (Wildman–Crippen LogP) is 2.68. The number of fused-ring (bicyclic) bond motifs is 1. The molecule has 25 heavy (non-hydrogen) atoms. The van der Waals surface area contributed by atoms with Crippen molar-refractivity contribution in [3.8, 4) is 0 Å². The maximum atomic E-state index is 12.8. The number of nitrogens with one attached hydrogen (secondary N) is 2. The van der Waals surface area contributed by atoms with Crippen LogP contribution < -0.4 is 16.4 Å². The number of benzene rings is 1. The van der Waals surface area contributed by atoms with Crippen LogP contribution in [0.2, 0.25) is 0 Å². The zero-order valence-electron chi connectivity index (χ0n) is 15.1. The number of anilines is 1. The fourth-order valence-corrected chi connectivity index (χ4v) is 3.31. The molecule has 2 atom stereocenters. The summed E-state index contributed by atoms with van der Waals surface area (Å²) in [5.74, 6) is 0.0582. The third kappa shape index (κ3) is 4.44. The van der Waals surface area contributed by atoms with Gasteiger partial charge in [0, 0.05) is 5.69 Å². The zero-order valence-corrected chi connectivity index (χ0v) is 15.1. The Hall–Kier alpha value is -2.24. The highest BCUT2D eigenvalue weighted by atomic mass is 16.6. The van der Waals surface area contributed by atoms with Gasteiger partial charge in [0.2, 0.25) is 5.91 Å². The minimum Gasteiger partial charge on any atom is -0.444 e. The van der Waals surface area contributed by atoms with Crippen LogP contribution in [-0.4, -0.2) is 23.6 Å². The zero-order chi connectivity index (χ0) is 18.2. The molecule has 0 heterocycles. The first-order valence-electron chi connectivity index (χ1n) is 8.91. The number of carbonyl (C=O) groups excluding carboxylic acids is 2. The highest BCUT2D eigenvalue weighted by Crippen LogP contribution is 2.35. The Morgan fingerprint density at radius 2 is 1.96 bits per heavy atom. The van der Waals surface area contributed by atoms with E-state index in [-0.39, 0.29) is 17.9 Å². The summed E-state index contributed by atoms with van der Waals surface area (Å²) in [6.45, 7) is 5.42. The van der Waals surface area contributed by atoms with Gasteiger partial charge in [-0.1, -0.05) is 6.07 Å². The number of alkyl carbamates (subject to hydrolysis) is 1. The van der Waals surface area contributed by atoms with Crippen molar-refractivity contribution >= 4 is 17.7 Å². The SMILES string of the molecule is CC(C)(C)OC(=O)N[C@@H](C(=O)N[C@@H]1CCc2cc(N)ccc21)C1CC1. The number of ether oxygens (including phenoxy) is 1. The lowest BCUT2D eigenvalue weighted by atomic mass is 10.1. The lowest BCUT2D eigenvalue weighted by molar-refractivity contribution is -0.124. The molecule has 1 saturated carbocycles. The highest BCUT2D eigenvalue weighted by molar-refractivity contribution is 5.86. The highest BCUT2D eigenvalue weighted by Gasteiger charge is 2.39. The van der Waals surface area contributed by atoms with Gasteiger partial charge in [0.25, 0.3) is 0 Å². The molecule has 0 saturated heterocycles. The molecule has 0 unspecified atom stereocenters. The average molecular weight is 345 g/mol. The fourth-order valence-electron chi connectivity index (χ4n) is 3.31. The van der Waals surface area contributed by atoms with E-state index in [0.29, 0.717) is 0 Å². The van der Waals surface area contributed by atoms with Crippen molar-refractivity contribution in [2.45, 2.75) is 64.1 Å². The molecule has 0 radical (unpaired) electrons. The second-order valence-electron chi connectivity index (χ2n) is 8.02. The van der Waals surface area contributed by atoms with Crippen LogP contribution in [0.4, 0.5) is 10.5 Å². The Morgan fingerprint density at radius 3 is 2.60 bits per heavy atom. The van der Waals surface area contributed by atoms with Crippen molar-refractivity contribution in [1.82, 2.24) is 10.6 Å². The van der Waals surface area contributed by atoms with E-state index >= 15 is 0 Å². The number of amides is 2. The first kappa shape index (κ1) is 17.6. The van der Waals surface area contributed by atoms with Crippen LogP contribution >= 0.6 is 0 Å². The molecule has 1 aromatic carbocycles. The number of aryl methyl sites for hydroxylation is 1. The molecule has 1 fully saturated rings. The van der Waals surface area contributed by atoms with Gasteiger partial charge in [0.05, 0.1) is 6.04 Å². The van der Waals surface area contributed by atoms with Crippen LogP contribution in [-0.2, 0) is 16.0 Å². The molecule has 6 nitrogen and oxygen atoms in total. The summed E-state index contributed by atoms with van der Waals surface area (Å²) in [6.07, 6.45) is 3.11. The van der Waals surface area contributed by atoms with Gasteiger partial charge in [-0.25, -0.2) is 4.79 Å². The van der Waals surface area contributed by atoms with Gasteiger partial charge in [-0.3, -0.25) is 4.79 Å². The molecule has 4 N–H and O–H groups in total. The second-order valence-corrected chi connectivity index (χ2v) is 8.02. The van der Waals surface area contributed by atoms with Crippen LogP contribution in [0.25, 0.3) is 0 Å². The van der Waals surface area contributed by atoms with E-state index in [1.807, 2.05) is 18.2 Å². The Morgan fingerprint density at radius 1 is 1.24 bits per heavy atom. The summed E-state index contributed by atoms with van der Waals surface area (Å²) in [5, 5.41) is 5.84. The molecule has 136 valence electrons. The van der Waals surface area contributed by atoms with Crippen molar-refractivity contribution < 1.29 is 14.3 Å². The molecule has 1 aromatic rings. The van der Waals surface area contributed by atoms with E-state index in [2.05, 4.69) is 10.6 Å². The molecule has 0 spiro atoms. The van der Waals surface area contributed by atoms with Crippen LogP contribution in [0.3, 0.4) is 0 Å². The number of hydrogen-bond donors (Lipinski definition) is 3. The Kier molecular flexibility index (Phi) is 4.62. The van der Waals surface area contributed by atoms with Crippen LogP contribution in [0, 0.1) is 5.92 Å². The molecule has 3 rings (SSSR count). The van der Waals surface area contributed by atoms with Gasteiger partial charge < -0.3 is 21.1 Å². The lowest BCUT2D eigenvalue weighted by Gasteiger charge is -2.24. The van der Waals surface area contributed by atoms with Crippen LogP contribution in [0.5, 0.6) is 0 Å². The molecule has 2 aliphatic rings. The van der Waals surface area contributed by atoms with E-state index in [1.165, 1.54) is 5.56 Å². The molecular formula is C19H27N3O3. The number of hydrogen-bond acceptors (Lipinski definition) is 4. The van der Waals surface area contributed by atoms with Crippen molar-refractivity contribution in [3.63, 3.8) is 0 Å². The number of nitrogen functional groups attached to an aromatic ring is 1. The minimum atomic E-state index is -0.584. The topological polar surface area (TPSA) is 93.4 Å². The maximum Gasteiger partial charge on any atom is 0.408 e. The van der Waals surface area contributed by atoms with E-state index < -0.39 is 17.7 Å². The van der Waals surface area contributed by atoms with Gasteiger partial charge >= 0.3 is 6.09 Å². The van der Waals surface area contributed by atoms with Crippen molar-refractivity contribution in [1.29, 1.82) is 0 Å². The van der Waals surface area contributed by atoms with E-state index in [1.54, 1.807) is 20.8 Å². The molecule has 0 aliphatic heterocycles. The van der Waals surface area contributed by atoms with Crippen molar-refractivity contribution in [3.05, 3.63) is 29.3 Å². The minimum absolute atomic E-state index is 0.0233. The van der Waals surface area contributed by atoms with Gasteiger partial charge in [0.1, 0.15) is 11.6 Å². The Bertz CT molecular complexity index is 677. The Balaban J connectivity index is 1.64. The summed E-state index contributed by atoms with van der Waals surface area (Å²) in [6, 6.07) is 5.26. The van der Waals surface area contributed by atoms with Crippen molar-refractivity contribution in [2.24, 2.45) is 5.92 Å². The second kappa shape index (κ2) is 6.58. The molecule has 2 aliphatic carbocycles. The summed E-state index contributed by atoms with van der Waals surface area (Å²) >= 11 is 0. The first-order valence-corrected chi connectivity index (χ1v) is 8.91. The largest absolute Gasteiger partial charge is 0.444 e. The number of rotatable bonds is 4. The third-order valence-electron chi connectivity index (χ3n) is 4.61. The molecular weight excluding hydrogens is 318 g/mol. The monoisotopic (exact) mass is 345 g/mol. The maximum absolute atomic E-state index is 12.8. The summed E-state index contributed by atoms with van der Waals surface area (Å²) in [5.41, 5.74) is 8.30. The normalized spacial score (nSPS) is 20.5. The third-order valence-corrected chi connectivity index (χ3v) is 4.61. The fraction of sp³-hybridized carbons (Fsp3) is 0.579. The average Bonchev–Trinajstić information content (AvgIpc) is 3.26. The van der Waals surface area contributed by atoms with Gasteiger partial charge in [-0.15, -0.1) is 0 Å². The van der Waals surface area contributed by atoms with Crippen molar-refractivity contribution in [2.75, 3.05) is 5.73 Å². The molecule has 0 aromatic heterocycles. The van der Waals surface area contributed by atoms with E-state index in [9.17, 15) is 9.59 Å². The molecule has 6 heteroatoms. The summed E-state index contributed by atoms with van der Waals surface area (Å²) < 4.78 is 5.29. The molecule has 2 amide bonds. The van der Waals surface area contributed by atoms with Crippen LogP contribution in [0.15, 0.2) is 18.2 Å². The number of nitrogens with two attached hydrogens (primary N) is 1. The van der Waals surface area contributed by atoms with Gasteiger partial charge in [-0.05, 0) is 75.6 Å². The van der Waals surface area contributed by atoms with E-state index in [0.717, 1.165) is 36.9 Å². The van der Waals surface area contributed by atoms with Gasteiger partial charge in [-0.2, -0.15) is 0 Å². The quantitative estimate of drug-likeness (QED) is 0.731. The summed E-state index contributed by atoms with van der Waals surface area (Å²) in [7, 11) is 0. The van der Waals surface area contributed by atoms with E-state index in [4.69, 9.17) is 10.5 Å².